The molecule has 5 nitrogen and oxygen atoms in total. The first-order chi connectivity index (χ1) is 11.7. The standard InChI is InChI=1S/C19H27N3O2/c20-12-15-4-3-5-17(15)19(24)21-13-14-7-9-16(10-8-14)22-11-2-1-6-18(22)23/h7-10,15,17H,1-6,11-13,20H2,(H,21,24)/t15-,17-/m1/s1. The molecule has 1 saturated carbocycles. The predicted octanol–water partition coefficient (Wildman–Crippen LogP) is 2.19. The van der Waals surface area contributed by atoms with Crippen molar-refractivity contribution in [1.29, 1.82) is 0 Å². The number of hydrogen-bond acceptors (Lipinski definition) is 3. The van der Waals surface area contributed by atoms with Gasteiger partial charge in [-0.2, -0.15) is 0 Å². The third kappa shape index (κ3) is 3.78. The molecule has 0 spiro atoms. The van der Waals surface area contributed by atoms with Crippen molar-refractivity contribution in [3.05, 3.63) is 29.8 Å². The number of benzene rings is 1. The maximum atomic E-state index is 12.3. The van der Waals surface area contributed by atoms with Gasteiger partial charge in [0.2, 0.25) is 11.8 Å². The molecule has 2 aliphatic rings. The fraction of sp³-hybridized carbons (Fsp3) is 0.579. The Bertz CT molecular complexity index is 585. The molecule has 1 aromatic rings. The Balaban J connectivity index is 1.54. The zero-order chi connectivity index (χ0) is 16.9. The number of anilines is 1. The van der Waals surface area contributed by atoms with Crippen LogP contribution >= 0.6 is 0 Å². The molecule has 0 aromatic heterocycles. The number of nitrogens with one attached hydrogen (secondary N) is 1. The first-order valence-electron chi connectivity index (χ1n) is 9.06. The molecule has 2 atom stereocenters. The van der Waals surface area contributed by atoms with Gasteiger partial charge in [-0.25, -0.2) is 0 Å². The van der Waals surface area contributed by atoms with Crippen LogP contribution in [0, 0.1) is 11.8 Å². The molecular formula is C19H27N3O2. The second kappa shape index (κ2) is 7.79. The van der Waals surface area contributed by atoms with E-state index < -0.39 is 0 Å². The van der Waals surface area contributed by atoms with Crippen LogP contribution in [0.1, 0.15) is 44.1 Å². The van der Waals surface area contributed by atoms with Crippen molar-refractivity contribution < 1.29 is 9.59 Å². The molecule has 1 aliphatic heterocycles. The summed E-state index contributed by atoms with van der Waals surface area (Å²) in [4.78, 5) is 26.1. The fourth-order valence-corrected chi connectivity index (χ4v) is 3.86. The van der Waals surface area contributed by atoms with E-state index in [2.05, 4.69) is 5.32 Å². The molecule has 1 aliphatic carbocycles. The van der Waals surface area contributed by atoms with Crippen molar-refractivity contribution in [3.8, 4) is 0 Å². The number of nitrogens with zero attached hydrogens (tertiary/aromatic N) is 1. The van der Waals surface area contributed by atoms with Gasteiger partial charge in [-0.3, -0.25) is 9.59 Å². The van der Waals surface area contributed by atoms with Crippen LogP contribution in [-0.2, 0) is 16.1 Å². The van der Waals surface area contributed by atoms with Crippen LogP contribution in [-0.4, -0.2) is 24.9 Å². The Labute approximate surface area is 143 Å². The van der Waals surface area contributed by atoms with Gasteiger partial charge in [0.05, 0.1) is 0 Å². The summed E-state index contributed by atoms with van der Waals surface area (Å²) in [6, 6.07) is 7.94. The van der Waals surface area contributed by atoms with Gasteiger partial charge in [0.25, 0.3) is 0 Å². The molecule has 0 unspecified atom stereocenters. The number of amides is 2. The monoisotopic (exact) mass is 329 g/mol. The molecule has 3 N–H and O–H groups in total. The molecule has 1 heterocycles. The van der Waals surface area contributed by atoms with Gasteiger partial charge in [-0.05, 0) is 55.8 Å². The van der Waals surface area contributed by atoms with Gasteiger partial charge in [0.1, 0.15) is 0 Å². The smallest absolute Gasteiger partial charge is 0.226 e. The summed E-state index contributed by atoms with van der Waals surface area (Å²) in [6.45, 7) is 1.93. The third-order valence-electron chi connectivity index (χ3n) is 5.34. The van der Waals surface area contributed by atoms with Crippen LogP contribution in [0.4, 0.5) is 5.69 Å². The lowest BCUT2D eigenvalue weighted by atomic mass is 9.95. The number of rotatable bonds is 5. The fourth-order valence-electron chi connectivity index (χ4n) is 3.86. The summed E-state index contributed by atoms with van der Waals surface area (Å²) in [7, 11) is 0. The molecule has 0 bridgehead atoms. The quantitative estimate of drug-likeness (QED) is 0.869. The third-order valence-corrected chi connectivity index (χ3v) is 5.34. The number of carbonyl (C=O) groups excluding carboxylic acids is 2. The highest BCUT2D eigenvalue weighted by Gasteiger charge is 2.31. The molecule has 2 amide bonds. The minimum absolute atomic E-state index is 0.0697. The average Bonchev–Trinajstić information content (AvgIpc) is 3.09. The minimum atomic E-state index is 0.0697. The largest absolute Gasteiger partial charge is 0.352 e. The van der Waals surface area contributed by atoms with Gasteiger partial charge in [-0.1, -0.05) is 18.6 Å². The van der Waals surface area contributed by atoms with Crippen molar-refractivity contribution in [2.24, 2.45) is 17.6 Å². The molecule has 24 heavy (non-hydrogen) atoms. The SMILES string of the molecule is NC[C@H]1CCC[C@H]1C(=O)NCc1ccc(N2CCCCC2=O)cc1. The zero-order valence-corrected chi connectivity index (χ0v) is 14.2. The first kappa shape index (κ1) is 17.0. The van der Waals surface area contributed by atoms with Crippen LogP contribution in [0.3, 0.4) is 0 Å². The van der Waals surface area contributed by atoms with Crippen LogP contribution in [0.15, 0.2) is 24.3 Å². The second-order valence-electron chi connectivity index (χ2n) is 6.92. The molecule has 1 aromatic carbocycles. The lowest BCUT2D eigenvalue weighted by Crippen LogP contribution is -2.35. The lowest BCUT2D eigenvalue weighted by molar-refractivity contribution is -0.126. The summed E-state index contributed by atoms with van der Waals surface area (Å²) in [5.74, 6) is 0.729. The summed E-state index contributed by atoms with van der Waals surface area (Å²) < 4.78 is 0. The molecule has 1 saturated heterocycles. The highest BCUT2D eigenvalue weighted by atomic mass is 16.2. The molecule has 5 heteroatoms. The molecule has 130 valence electrons. The van der Waals surface area contributed by atoms with Crippen molar-refractivity contribution in [1.82, 2.24) is 5.32 Å². The predicted molar refractivity (Wildman–Crippen MR) is 94.4 cm³/mol. The van der Waals surface area contributed by atoms with E-state index in [0.29, 0.717) is 25.4 Å². The topological polar surface area (TPSA) is 75.4 Å². The van der Waals surface area contributed by atoms with Gasteiger partial charge in [0, 0.05) is 31.1 Å². The van der Waals surface area contributed by atoms with Crippen LogP contribution < -0.4 is 16.0 Å². The zero-order valence-electron chi connectivity index (χ0n) is 14.2. The average molecular weight is 329 g/mol. The van der Waals surface area contributed by atoms with E-state index in [-0.39, 0.29) is 17.7 Å². The number of carbonyl (C=O) groups is 2. The summed E-state index contributed by atoms with van der Waals surface area (Å²) in [5.41, 5.74) is 7.76. The van der Waals surface area contributed by atoms with Gasteiger partial charge in [-0.15, -0.1) is 0 Å². The lowest BCUT2D eigenvalue weighted by Gasteiger charge is -2.27. The number of hydrogen-bond donors (Lipinski definition) is 2. The Morgan fingerprint density at radius 3 is 2.67 bits per heavy atom. The minimum Gasteiger partial charge on any atom is -0.352 e. The normalized spacial score (nSPS) is 24.2. The summed E-state index contributed by atoms with van der Waals surface area (Å²) >= 11 is 0. The number of nitrogens with two attached hydrogens (primary N) is 1. The maximum Gasteiger partial charge on any atom is 0.226 e. The second-order valence-corrected chi connectivity index (χ2v) is 6.92. The highest BCUT2D eigenvalue weighted by molar-refractivity contribution is 5.93. The Hall–Kier alpha value is -1.88. The van der Waals surface area contributed by atoms with E-state index in [1.165, 1.54) is 0 Å². The molecule has 3 rings (SSSR count). The van der Waals surface area contributed by atoms with Crippen LogP contribution in [0.5, 0.6) is 0 Å². The van der Waals surface area contributed by atoms with E-state index in [4.69, 9.17) is 5.73 Å². The van der Waals surface area contributed by atoms with Crippen molar-refractivity contribution in [2.45, 2.75) is 45.1 Å². The molecule has 2 fully saturated rings. The van der Waals surface area contributed by atoms with Crippen LogP contribution in [0.2, 0.25) is 0 Å². The van der Waals surface area contributed by atoms with Gasteiger partial charge in [0.15, 0.2) is 0 Å². The van der Waals surface area contributed by atoms with Crippen molar-refractivity contribution in [2.75, 3.05) is 18.0 Å². The van der Waals surface area contributed by atoms with Gasteiger partial charge >= 0.3 is 0 Å². The van der Waals surface area contributed by atoms with Crippen LogP contribution in [0.25, 0.3) is 0 Å². The highest BCUT2D eigenvalue weighted by Crippen LogP contribution is 2.31. The Morgan fingerprint density at radius 2 is 1.96 bits per heavy atom. The Kier molecular flexibility index (Phi) is 5.51. The Morgan fingerprint density at radius 1 is 1.17 bits per heavy atom. The van der Waals surface area contributed by atoms with E-state index in [1.807, 2.05) is 29.2 Å². The number of piperidine rings is 1. The van der Waals surface area contributed by atoms with E-state index in [9.17, 15) is 9.59 Å². The summed E-state index contributed by atoms with van der Waals surface area (Å²) in [6.07, 6.45) is 5.80. The maximum absolute atomic E-state index is 12.3. The molecule has 0 radical (unpaired) electrons. The van der Waals surface area contributed by atoms with Gasteiger partial charge < -0.3 is 16.0 Å². The van der Waals surface area contributed by atoms with E-state index >= 15 is 0 Å². The van der Waals surface area contributed by atoms with E-state index in [0.717, 1.165) is 49.9 Å². The van der Waals surface area contributed by atoms with E-state index in [1.54, 1.807) is 0 Å². The van der Waals surface area contributed by atoms with Crippen molar-refractivity contribution >= 4 is 17.5 Å². The van der Waals surface area contributed by atoms with Crippen molar-refractivity contribution in [3.63, 3.8) is 0 Å². The first-order valence-corrected chi connectivity index (χ1v) is 9.06. The molecular weight excluding hydrogens is 302 g/mol. The summed E-state index contributed by atoms with van der Waals surface area (Å²) in [5, 5.41) is 3.04.